The number of nitrogens with one attached hydrogen (secondary N) is 2. The molecule has 4 heterocycles. The summed E-state index contributed by atoms with van der Waals surface area (Å²) in [5, 5.41) is 40.4. The molecule has 6 rings (SSSR count). The summed E-state index contributed by atoms with van der Waals surface area (Å²) in [5.41, 5.74) is 12.7. The number of carbonyl (C=O) groups is 2. The maximum absolute atomic E-state index is 12.4. The third-order valence-electron chi connectivity index (χ3n) is 8.46. The van der Waals surface area contributed by atoms with E-state index < -0.39 is 5.97 Å². The Hall–Kier alpha value is -7.30. The van der Waals surface area contributed by atoms with Gasteiger partial charge in [-0.3, -0.25) is 14.2 Å². The highest BCUT2D eigenvalue weighted by molar-refractivity contribution is 5.96. The van der Waals surface area contributed by atoms with E-state index in [-0.39, 0.29) is 37.2 Å². The van der Waals surface area contributed by atoms with Crippen LogP contribution in [0.5, 0.6) is 0 Å². The van der Waals surface area contributed by atoms with E-state index in [1.807, 2.05) is 72.4 Å². The topological polar surface area (TPSA) is 239 Å². The summed E-state index contributed by atoms with van der Waals surface area (Å²) in [6.45, 7) is 7.66. The summed E-state index contributed by atoms with van der Waals surface area (Å²) in [7, 11) is 3.67. The molecule has 2 atom stereocenters. The summed E-state index contributed by atoms with van der Waals surface area (Å²) >= 11 is 0. The second-order valence-electron chi connectivity index (χ2n) is 13.0. The Morgan fingerprint density at radius 3 is 1.52 bits per heavy atom. The van der Waals surface area contributed by atoms with Crippen molar-refractivity contribution in [1.29, 1.82) is 10.5 Å². The molecular weight excluding hydrogens is 735 g/mol. The van der Waals surface area contributed by atoms with Gasteiger partial charge < -0.3 is 21.5 Å². The van der Waals surface area contributed by atoms with Crippen molar-refractivity contribution >= 4 is 35.0 Å². The Bertz CT molecular complexity index is 2360. The zero-order chi connectivity index (χ0) is 41.5. The molecule has 0 aliphatic rings. The van der Waals surface area contributed by atoms with Crippen LogP contribution in [0.25, 0.3) is 22.5 Å². The molecule has 0 saturated carbocycles. The van der Waals surface area contributed by atoms with Gasteiger partial charge in [0.1, 0.15) is 0 Å². The maximum atomic E-state index is 12.4. The number of anilines is 4. The average molecular weight is 784 g/mol. The lowest BCUT2D eigenvalue weighted by Crippen LogP contribution is -2.14. The molecule has 0 spiro atoms. The number of Topliss-reactive ketones (excluding diaryl/α,β-unsaturated/α-hetero) is 1. The van der Waals surface area contributed by atoms with Gasteiger partial charge in [0.15, 0.2) is 5.78 Å². The average Bonchev–Trinajstić information content (AvgIpc) is 3.84. The van der Waals surface area contributed by atoms with E-state index in [1.54, 1.807) is 70.5 Å². The first-order chi connectivity index (χ1) is 27.3. The molecule has 16 heteroatoms. The van der Waals surface area contributed by atoms with E-state index in [2.05, 4.69) is 46.8 Å². The Balaban J connectivity index is 0.000000272. The van der Waals surface area contributed by atoms with Crippen molar-refractivity contribution in [3.05, 3.63) is 108 Å². The fourth-order valence-corrected chi connectivity index (χ4v) is 5.12. The number of hydrogen-bond donors (Lipinski definition) is 4. The van der Waals surface area contributed by atoms with Crippen LogP contribution >= 0.6 is 0 Å². The number of aryl methyl sites for hydroxylation is 4. The first-order valence-corrected chi connectivity index (χ1v) is 18.0. The monoisotopic (exact) mass is 783 g/mol. The minimum atomic E-state index is -0.949. The van der Waals surface area contributed by atoms with Crippen LogP contribution in [0.3, 0.4) is 0 Å². The van der Waals surface area contributed by atoms with E-state index in [1.165, 1.54) is 0 Å². The van der Waals surface area contributed by atoms with Crippen LogP contribution < -0.4 is 16.4 Å². The van der Waals surface area contributed by atoms with Crippen molar-refractivity contribution < 1.29 is 14.7 Å². The van der Waals surface area contributed by atoms with Crippen molar-refractivity contribution in [2.45, 2.75) is 60.4 Å². The second kappa shape index (κ2) is 21.7. The molecule has 0 saturated heterocycles. The number of carboxylic acids is 1. The number of nitrogens with zero attached hydrogens (tertiary/aromatic N) is 10. The molecule has 16 nitrogen and oxygen atoms in total. The number of carboxylic acid groups (broad SMARTS) is 1. The fraction of sp³-hybridized carbons (Fsp3) is 0.286. The lowest BCUT2D eigenvalue weighted by Gasteiger charge is -2.09. The van der Waals surface area contributed by atoms with Crippen molar-refractivity contribution in [2.75, 3.05) is 10.6 Å². The predicted octanol–water partition coefficient (Wildman–Crippen LogP) is 7.56. The van der Waals surface area contributed by atoms with E-state index in [9.17, 15) is 9.59 Å². The molecule has 300 valence electrons. The smallest absolute Gasteiger partial charge is 0.335 e. The minimum Gasteiger partial charge on any atom is -0.478 e. The largest absolute Gasteiger partial charge is 0.478 e. The third-order valence-corrected chi connectivity index (χ3v) is 8.46. The summed E-state index contributed by atoms with van der Waals surface area (Å²) in [5.74, 6) is -0.264. The number of nitrogens with two attached hydrogens (primary N) is 1. The maximum Gasteiger partial charge on any atom is 0.335 e. The zero-order valence-electron chi connectivity index (χ0n) is 32.7. The van der Waals surface area contributed by atoms with Gasteiger partial charge in [0.2, 0.25) is 11.9 Å². The van der Waals surface area contributed by atoms with Gasteiger partial charge in [0, 0.05) is 62.0 Å². The zero-order valence-corrected chi connectivity index (χ0v) is 32.7. The third kappa shape index (κ3) is 12.9. The van der Waals surface area contributed by atoms with Gasteiger partial charge in [-0.1, -0.05) is 57.7 Å². The first kappa shape index (κ1) is 45.1. The number of nitriles is 2. The van der Waals surface area contributed by atoms with Gasteiger partial charge in [0.05, 0.1) is 64.8 Å². The highest BCUT2D eigenvalue weighted by Gasteiger charge is 2.15. The van der Waals surface area contributed by atoms with Gasteiger partial charge in [-0.15, -0.1) is 0 Å². The number of carbonyl (C=O) groups excluding carboxylic acids is 1. The molecule has 2 aromatic carbocycles. The second-order valence-corrected chi connectivity index (χ2v) is 13.0. The normalized spacial score (nSPS) is 11.1. The molecule has 0 bridgehead atoms. The molecule has 58 heavy (non-hydrogen) atoms. The number of benzene rings is 2. The van der Waals surface area contributed by atoms with Gasteiger partial charge in [-0.2, -0.15) is 20.7 Å². The number of aromatic carboxylic acids is 1. The standard InChI is InChI=1S/C21H22N6O.C16H15N5O2.C4H8N2.CH4/c1-4-15(10-22)9-19(28)16-5-7-17(8-6-16)20-14(2)11-23-21(26-20)25-18-12-24-27(3)13-18;1-10-7-17-16(19-13-8-18-21(2)9-13)20-14(10)11-3-5-12(6-4-11)15(22)23;1-2-4(6)3-5;/h5-8,11-13,15H,4,9H2,1-3H3,(H,23,25,26);3-9H,1-2H3,(H,22,23)(H,17,19,20);4H,2,6H2,1H3;1H4/t15-;;4-;/m1.0./s1. The van der Waals surface area contributed by atoms with Crippen LogP contribution in [-0.2, 0) is 14.1 Å². The van der Waals surface area contributed by atoms with Gasteiger partial charge in [-0.25, -0.2) is 24.7 Å². The van der Waals surface area contributed by atoms with Crippen molar-refractivity contribution in [3.63, 3.8) is 0 Å². The van der Waals surface area contributed by atoms with Crippen molar-refractivity contribution in [3.8, 4) is 34.7 Å². The highest BCUT2D eigenvalue weighted by atomic mass is 16.4. The lowest BCUT2D eigenvalue weighted by atomic mass is 9.96. The Morgan fingerprint density at radius 1 is 0.741 bits per heavy atom. The number of ketones is 1. The Morgan fingerprint density at radius 2 is 1.19 bits per heavy atom. The van der Waals surface area contributed by atoms with Crippen LogP contribution in [0.4, 0.5) is 23.3 Å². The quantitative estimate of drug-likeness (QED) is 0.0876. The molecule has 0 amide bonds. The van der Waals surface area contributed by atoms with Crippen LogP contribution in [0.15, 0.2) is 85.7 Å². The SMILES string of the molecule is C.CC[C@@H](C#N)CC(=O)c1ccc(-c2nc(Nc3cnn(C)c3)ncc2C)cc1.CC[C@H](N)C#N.Cc1cnc(Nc2cnn(C)c2)nc1-c1ccc(C(=O)O)cc1. The van der Waals surface area contributed by atoms with Crippen LogP contribution in [0.1, 0.15) is 72.4 Å². The van der Waals surface area contributed by atoms with Crippen LogP contribution in [-0.4, -0.2) is 62.4 Å². The fourth-order valence-electron chi connectivity index (χ4n) is 5.12. The number of aromatic nitrogens is 8. The molecular formula is C42H49N13O3. The van der Waals surface area contributed by atoms with Crippen molar-refractivity contribution in [2.24, 2.45) is 25.7 Å². The molecule has 0 radical (unpaired) electrons. The van der Waals surface area contributed by atoms with E-state index >= 15 is 0 Å². The number of rotatable bonds is 12. The van der Waals surface area contributed by atoms with Gasteiger partial charge >= 0.3 is 5.97 Å². The molecule has 0 aliphatic heterocycles. The van der Waals surface area contributed by atoms with E-state index in [0.29, 0.717) is 23.9 Å². The molecule has 0 unspecified atom stereocenters. The summed E-state index contributed by atoms with van der Waals surface area (Å²) in [6.07, 6.45) is 12.2. The van der Waals surface area contributed by atoms with Gasteiger partial charge in [-0.05, 0) is 49.9 Å². The summed E-state index contributed by atoms with van der Waals surface area (Å²) in [4.78, 5) is 41.0. The molecule has 0 aliphatic carbocycles. The first-order valence-electron chi connectivity index (χ1n) is 18.0. The molecule has 4 aromatic heterocycles. The highest BCUT2D eigenvalue weighted by Crippen LogP contribution is 2.25. The summed E-state index contributed by atoms with van der Waals surface area (Å²) < 4.78 is 3.38. The number of hydrogen-bond acceptors (Lipinski definition) is 13. The lowest BCUT2D eigenvalue weighted by molar-refractivity contribution is 0.0696. The Kier molecular flexibility index (Phi) is 16.9. The summed E-state index contributed by atoms with van der Waals surface area (Å²) in [6, 6.07) is 17.8. The van der Waals surface area contributed by atoms with Crippen LogP contribution in [0.2, 0.25) is 0 Å². The van der Waals surface area contributed by atoms with Crippen molar-refractivity contribution in [1.82, 2.24) is 39.5 Å². The molecule has 5 N–H and O–H groups in total. The van der Waals surface area contributed by atoms with E-state index in [4.69, 9.17) is 21.4 Å². The van der Waals surface area contributed by atoms with Crippen LogP contribution in [0, 0.1) is 42.4 Å². The minimum absolute atomic E-state index is 0. The van der Waals surface area contributed by atoms with Gasteiger partial charge in [0.25, 0.3) is 0 Å². The predicted molar refractivity (Wildman–Crippen MR) is 223 cm³/mol. The Labute approximate surface area is 338 Å². The van der Waals surface area contributed by atoms with E-state index in [0.717, 1.165) is 51.4 Å². The molecule has 0 fully saturated rings. The molecule has 6 aromatic rings.